The van der Waals surface area contributed by atoms with Crippen molar-refractivity contribution in [1.82, 2.24) is 0 Å². The molecule has 3 N–H and O–H groups in total. The van der Waals surface area contributed by atoms with Crippen LogP contribution in [0, 0.1) is 0 Å². The number of aliphatic hydroxyl groups excluding tert-OH is 1. The number of rotatable bonds is 4. The SMILES string of the molecule is O=C(O)/C=C/C[C@@H](O)c1ccc(O)c2ccccc12. The number of aliphatic carboxylic acids is 1. The fourth-order valence-electron chi connectivity index (χ4n) is 2.02. The Balaban J connectivity index is 2.35. The second kappa shape index (κ2) is 5.54. The number of benzene rings is 2. The van der Waals surface area contributed by atoms with Crippen molar-refractivity contribution in [3.8, 4) is 5.75 Å². The van der Waals surface area contributed by atoms with Crippen LogP contribution in [0.25, 0.3) is 10.8 Å². The van der Waals surface area contributed by atoms with Gasteiger partial charge in [0.2, 0.25) is 0 Å². The maximum absolute atomic E-state index is 10.4. The smallest absolute Gasteiger partial charge is 0.327 e. The van der Waals surface area contributed by atoms with Gasteiger partial charge in [-0.25, -0.2) is 4.79 Å². The van der Waals surface area contributed by atoms with Gasteiger partial charge in [-0.2, -0.15) is 0 Å². The van der Waals surface area contributed by atoms with Gasteiger partial charge >= 0.3 is 5.97 Å². The maximum atomic E-state index is 10.4. The van der Waals surface area contributed by atoms with E-state index in [0.717, 1.165) is 11.5 Å². The minimum Gasteiger partial charge on any atom is -0.507 e. The van der Waals surface area contributed by atoms with Gasteiger partial charge in [-0.1, -0.05) is 36.4 Å². The molecule has 0 spiro atoms. The van der Waals surface area contributed by atoms with E-state index in [2.05, 4.69) is 0 Å². The Morgan fingerprint density at radius 1 is 1.16 bits per heavy atom. The predicted molar refractivity (Wildman–Crippen MR) is 72.0 cm³/mol. The van der Waals surface area contributed by atoms with E-state index < -0.39 is 12.1 Å². The van der Waals surface area contributed by atoms with Gasteiger partial charge in [0.15, 0.2) is 0 Å². The first-order valence-corrected chi connectivity index (χ1v) is 5.87. The van der Waals surface area contributed by atoms with Crippen LogP contribution in [0.4, 0.5) is 0 Å². The molecule has 0 fully saturated rings. The molecular formula is C15H14O4. The molecule has 0 aliphatic rings. The Labute approximate surface area is 110 Å². The van der Waals surface area contributed by atoms with Crippen molar-refractivity contribution in [2.45, 2.75) is 12.5 Å². The third kappa shape index (κ3) is 2.92. The summed E-state index contributed by atoms with van der Waals surface area (Å²) in [6.07, 6.45) is 1.82. The molecular weight excluding hydrogens is 244 g/mol. The Hall–Kier alpha value is -2.33. The number of carbonyl (C=O) groups is 1. The summed E-state index contributed by atoms with van der Waals surface area (Å²) in [5.41, 5.74) is 0.670. The highest BCUT2D eigenvalue weighted by atomic mass is 16.4. The lowest BCUT2D eigenvalue weighted by molar-refractivity contribution is -0.131. The third-order valence-corrected chi connectivity index (χ3v) is 2.91. The highest BCUT2D eigenvalue weighted by Crippen LogP contribution is 2.31. The number of phenols is 1. The highest BCUT2D eigenvalue weighted by molar-refractivity contribution is 5.91. The summed E-state index contributed by atoms with van der Waals surface area (Å²) in [5.74, 6) is -0.879. The van der Waals surface area contributed by atoms with E-state index in [0.29, 0.717) is 10.9 Å². The van der Waals surface area contributed by atoms with Crippen molar-refractivity contribution >= 4 is 16.7 Å². The average Bonchev–Trinajstić information content (AvgIpc) is 2.39. The minimum absolute atomic E-state index is 0.160. The van der Waals surface area contributed by atoms with Crippen molar-refractivity contribution in [1.29, 1.82) is 0 Å². The van der Waals surface area contributed by atoms with Gasteiger partial charge in [0.1, 0.15) is 5.75 Å². The van der Waals surface area contributed by atoms with E-state index in [1.54, 1.807) is 12.1 Å². The van der Waals surface area contributed by atoms with Gasteiger partial charge in [0.05, 0.1) is 6.10 Å². The number of fused-ring (bicyclic) bond motifs is 1. The van der Waals surface area contributed by atoms with Crippen LogP contribution < -0.4 is 0 Å². The summed E-state index contributed by atoms with van der Waals surface area (Å²) in [6.45, 7) is 0. The molecule has 0 unspecified atom stereocenters. The normalized spacial score (nSPS) is 12.9. The molecule has 1 atom stereocenters. The Bertz CT molecular complexity index is 631. The van der Waals surface area contributed by atoms with Crippen molar-refractivity contribution in [3.05, 3.63) is 54.1 Å². The molecule has 98 valence electrons. The average molecular weight is 258 g/mol. The number of hydrogen-bond donors (Lipinski definition) is 3. The number of hydrogen-bond acceptors (Lipinski definition) is 3. The number of carboxylic acids is 1. The largest absolute Gasteiger partial charge is 0.507 e. The topological polar surface area (TPSA) is 77.8 Å². The molecule has 0 amide bonds. The molecule has 0 aromatic heterocycles. The zero-order chi connectivity index (χ0) is 13.8. The second-order valence-electron chi connectivity index (χ2n) is 4.21. The van der Waals surface area contributed by atoms with Crippen LogP contribution >= 0.6 is 0 Å². The molecule has 4 heteroatoms. The standard InChI is InChI=1S/C15H14O4/c16-13(6-3-7-15(18)19)12-8-9-14(17)11-5-2-1-4-10(11)12/h1-5,7-9,13,16-17H,6H2,(H,18,19)/b7-3+/t13-/m1/s1. The van der Waals surface area contributed by atoms with Gasteiger partial charge in [-0.15, -0.1) is 0 Å². The molecule has 0 radical (unpaired) electrons. The van der Waals surface area contributed by atoms with E-state index in [4.69, 9.17) is 5.11 Å². The zero-order valence-electron chi connectivity index (χ0n) is 10.2. The van der Waals surface area contributed by atoms with Crippen LogP contribution in [0.1, 0.15) is 18.1 Å². The fraction of sp³-hybridized carbons (Fsp3) is 0.133. The molecule has 2 rings (SSSR count). The van der Waals surface area contributed by atoms with Crippen molar-refractivity contribution in [2.75, 3.05) is 0 Å². The Morgan fingerprint density at radius 2 is 1.84 bits per heavy atom. The van der Waals surface area contributed by atoms with Crippen molar-refractivity contribution < 1.29 is 20.1 Å². The summed E-state index contributed by atoms with van der Waals surface area (Å²) < 4.78 is 0. The minimum atomic E-state index is -1.04. The van der Waals surface area contributed by atoms with E-state index >= 15 is 0 Å². The van der Waals surface area contributed by atoms with Crippen LogP contribution in [0.15, 0.2) is 48.6 Å². The van der Waals surface area contributed by atoms with Gasteiger partial charge in [-0.3, -0.25) is 0 Å². The van der Waals surface area contributed by atoms with Gasteiger partial charge in [-0.05, 0) is 23.4 Å². The molecule has 0 bridgehead atoms. The summed E-state index contributed by atoms with van der Waals surface area (Å²) >= 11 is 0. The van der Waals surface area contributed by atoms with Crippen molar-refractivity contribution in [2.24, 2.45) is 0 Å². The fourth-order valence-corrected chi connectivity index (χ4v) is 2.02. The van der Waals surface area contributed by atoms with E-state index in [9.17, 15) is 15.0 Å². The van der Waals surface area contributed by atoms with E-state index in [1.807, 2.05) is 18.2 Å². The van der Waals surface area contributed by atoms with E-state index in [-0.39, 0.29) is 12.2 Å². The van der Waals surface area contributed by atoms with Gasteiger partial charge in [0, 0.05) is 11.5 Å². The lowest BCUT2D eigenvalue weighted by atomic mass is 9.98. The first-order valence-electron chi connectivity index (χ1n) is 5.87. The number of carboxylic acid groups (broad SMARTS) is 1. The predicted octanol–water partition coefficient (Wildman–Crippen LogP) is 2.61. The molecule has 0 saturated carbocycles. The summed E-state index contributed by atoms with van der Waals surface area (Å²) in [7, 11) is 0. The molecule has 4 nitrogen and oxygen atoms in total. The van der Waals surface area contributed by atoms with Gasteiger partial charge in [0.25, 0.3) is 0 Å². The van der Waals surface area contributed by atoms with Crippen LogP contribution in [0.5, 0.6) is 5.75 Å². The Kier molecular flexibility index (Phi) is 3.82. The monoisotopic (exact) mass is 258 g/mol. The van der Waals surface area contributed by atoms with Crippen LogP contribution in [-0.4, -0.2) is 21.3 Å². The molecule has 19 heavy (non-hydrogen) atoms. The first-order chi connectivity index (χ1) is 9.09. The highest BCUT2D eigenvalue weighted by Gasteiger charge is 2.11. The maximum Gasteiger partial charge on any atom is 0.327 e. The quantitative estimate of drug-likeness (QED) is 0.737. The lowest BCUT2D eigenvalue weighted by Gasteiger charge is -2.12. The first kappa shape index (κ1) is 13.1. The van der Waals surface area contributed by atoms with Crippen LogP contribution in [0.3, 0.4) is 0 Å². The van der Waals surface area contributed by atoms with Crippen LogP contribution in [0.2, 0.25) is 0 Å². The summed E-state index contributed by atoms with van der Waals surface area (Å²) in [6, 6.07) is 10.4. The summed E-state index contributed by atoms with van der Waals surface area (Å²) in [4.78, 5) is 10.4. The van der Waals surface area contributed by atoms with Crippen molar-refractivity contribution in [3.63, 3.8) is 0 Å². The number of aliphatic hydroxyl groups is 1. The number of phenolic OH excluding ortho intramolecular Hbond substituents is 1. The molecule has 0 aliphatic carbocycles. The molecule has 0 aliphatic heterocycles. The lowest BCUT2D eigenvalue weighted by Crippen LogP contribution is -1.97. The molecule has 2 aromatic rings. The van der Waals surface area contributed by atoms with Gasteiger partial charge < -0.3 is 15.3 Å². The second-order valence-corrected chi connectivity index (χ2v) is 4.21. The molecule has 2 aromatic carbocycles. The Morgan fingerprint density at radius 3 is 2.53 bits per heavy atom. The number of aromatic hydroxyl groups is 1. The summed E-state index contributed by atoms with van der Waals surface area (Å²) in [5, 5.41) is 29.8. The van der Waals surface area contributed by atoms with E-state index in [1.165, 1.54) is 12.1 Å². The third-order valence-electron chi connectivity index (χ3n) is 2.91. The zero-order valence-corrected chi connectivity index (χ0v) is 10.2. The molecule has 0 heterocycles. The molecule has 0 saturated heterocycles. The van der Waals surface area contributed by atoms with Crippen LogP contribution in [-0.2, 0) is 4.79 Å².